The first-order chi connectivity index (χ1) is 13.9. The number of nitrogens with one attached hydrogen (secondary N) is 2. The number of nitrogens with zero attached hydrogens (tertiary/aromatic N) is 1. The summed E-state index contributed by atoms with van der Waals surface area (Å²) in [4.78, 5) is 26.2. The molecule has 0 radical (unpaired) electrons. The molecular weight excluding hydrogens is 369 g/mol. The average Bonchev–Trinajstić information content (AvgIpc) is 3.18. The Morgan fingerprint density at radius 3 is 2.62 bits per heavy atom. The van der Waals surface area contributed by atoms with Crippen LogP contribution in [0.25, 0.3) is 0 Å². The lowest BCUT2D eigenvalue weighted by atomic mass is 9.89. The van der Waals surface area contributed by atoms with Gasteiger partial charge in [-0.2, -0.15) is 0 Å². The molecule has 152 valence electrons. The highest BCUT2D eigenvalue weighted by molar-refractivity contribution is 5.98. The minimum absolute atomic E-state index is 0.126. The van der Waals surface area contributed by atoms with E-state index in [-0.39, 0.29) is 17.6 Å². The van der Waals surface area contributed by atoms with Crippen LogP contribution in [0.1, 0.15) is 42.4 Å². The minimum Gasteiger partial charge on any atom is -0.373 e. The van der Waals surface area contributed by atoms with Crippen molar-refractivity contribution in [1.29, 1.82) is 0 Å². The van der Waals surface area contributed by atoms with Gasteiger partial charge < -0.3 is 15.5 Å². The Morgan fingerprint density at radius 2 is 1.93 bits per heavy atom. The summed E-state index contributed by atoms with van der Waals surface area (Å²) in [5.41, 5.74) is 4.18. The fourth-order valence-electron chi connectivity index (χ4n) is 4.36. The van der Waals surface area contributed by atoms with Gasteiger partial charge in [0, 0.05) is 43.4 Å². The Hall–Kier alpha value is -2.89. The van der Waals surface area contributed by atoms with Crippen molar-refractivity contribution < 1.29 is 14.0 Å². The van der Waals surface area contributed by atoms with E-state index in [1.807, 2.05) is 30.0 Å². The molecule has 2 heterocycles. The van der Waals surface area contributed by atoms with Crippen molar-refractivity contribution in [2.45, 2.75) is 45.1 Å². The van der Waals surface area contributed by atoms with Gasteiger partial charge in [-0.1, -0.05) is 18.2 Å². The summed E-state index contributed by atoms with van der Waals surface area (Å²) >= 11 is 0. The standard InChI is InChI=1S/C23H26FN3O2/c1-14-6-7-20(24)19-13-21(26-22(14)19)23(29)25-18-5-3-4-17(12-18)16-8-10-27(11-9-16)15(2)28/h3-7,12,16,21,26H,8-11,13H2,1-2H3,(H,25,29). The maximum Gasteiger partial charge on any atom is 0.247 e. The summed E-state index contributed by atoms with van der Waals surface area (Å²) in [6.45, 7) is 5.06. The fraction of sp³-hybridized carbons (Fsp3) is 0.391. The van der Waals surface area contributed by atoms with Crippen LogP contribution in [-0.4, -0.2) is 35.8 Å². The second kappa shape index (κ2) is 7.85. The molecule has 1 saturated heterocycles. The van der Waals surface area contributed by atoms with E-state index in [9.17, 15) is 14.0 Å². The molecule has 29 heavy (non-hydrogen) atoms. The molecule has 2 amide bonds. The number of fused-ring (bicyclic) bond motifs is 1. The largest absolute Gasteiger partial charge is 0.373 e. The third kappa shape index (κ3) is 3.97. The van der Waals surface area contributed by atoms with Crippen molar-refractivity contribution >= 4 is 23.2 Å². The molecule has 1 fully saturated rings. The molecule has 5 nitrogen and oxygen atoms in total. The van der Waals surface area contributed by atoms with Gasteiger partial charge in [-0.3, -0.25) is 9.59 Å². The van der Waals surface area contributed by atoms with E-state index in [1.54, 1.807) is 13.0 Å². The zero-order valence-electron chi connectivity index (χ0n) is 16.8. The molecule has 0 bridgehead atoms. The highest BCUT2D eigenvalue weighted by Gasteiger charge is 2.30. The van der Waals surface area contributed by atoms with E-state index >= 15 is 0 Å². The number of hydrogen-bond donors (Lipinski definition) is 2. The van der Waals surface area contributed by atoms with Gasteiger partial charge in [0.25, 0.3) is 0 Å². The van der Waals surface area contributed by atoms with E-state index in [2.05, 4.69) is 16.7 Å². The number of benzene rings is 2. The number of rotatable bonds is 3. The first-order valence-corrected chi connectivity index (χ1v) is 10.1. The maximum absolute atomic E-state index is 14.1. The molecular formula is C23H26FN3O2. The number of aryl methyl sites for hydroxylation is 1. The number of amides is 2. The third-order valence-corrected chi connectivity index (χ3v) is 6.07. The number of halogens is 1. The number of piperidine rings is 1. The predicted molar refractivity (Wildman–Crippen MR) is 112 cm³/mol. The van der Waals surface area contributed by atoms with Crippen LogP contribution in [0.15, 0.2) is 36.4 Å². The zero-order chi connectivity index (χ0) is 20.5. The van der Waals surface area contributed by atoms with Crippen LogP contribution in [0.2, 0.25) is 0 Å². The van der Waals surface area contributed by atoms with Gasteiger partial charge in [0.1, 0.15) is 11.9 Å². The second-order valence-corrected chi connectivity index (χ2v) is 8.01. The first-order valence-electron chi connectivity index (χ1n) is 10.1. The molecule has 2 aliphatic heterocycles. The van der Waals surface area contributed by atoms with Crippen LogP contribution < -0.4 is 10.6 Å². The summed E-state index contributed by atoms with van der Waals surface area (Å²) in [6.07, 6.45) is 2.20. The number of hydrogen-bond acceptors (Lipinski definition) is 3. The van der Waals surface area contributed by atoms with E-state index in [4.69, 9.17) is 0 Å². The topological polar surface area (TPSA) is 61.4 Å². The molecule has 0 spiro atoms. The smallest absolute Gasteiger partial charge is 0.247 e. The summed E-state index contributed by atoms with van der Waals surface area (Å²) in [5.74, 6) is 0.0742. The van der Waals surface area contributed by atoms with Gasteiger partial charge in [-0.05, 0) is 55.0 Å². The van der Waals surface area contributed by atoms with Crippen LogP contribution in [-0.2, 0) is 16.0 Å². The van der Waals surface area contributed by atoms with Crippen LogP contribution in [0, 0.1) is 12.7 Å². The van der Waals surface area contributed by atoms with E-state index < -0.39 is 6.04 Å². The molecule has 0 aromatic heterocycles. The minimum atomic E-state index is -0.483. The number of likely N-dealkylation sites (tertiary alicyclic amines) is 1. The van der Waals surface area contributed by atoms with Crippen molar-refractivity contribution in [1.82, 2.24) is 4.90 Å². The molecule has 1 atom stereocenters. The van der Waals surface area contributed by atoms with Crippen molar-refractivity contribution in [2.24, 2.45) is 0 Å². The van der Waals surface area contributed by atoms with Crippen LogP contribution >= 0.6 is 0 Å². The molecule has 0 aliphatic carbocycles. The number of carbonyl (C=O) groups is 2. The molecule has 0 saturated carbocycles. The number of carbonyl (C=O) groups excluding carboxylic acids is 2. The summed E-state index contributed by atoms with van der Waals surface area (Å²) < 4.78 is 14.1. The van der Waals surface area contributed by atoms with Gasteiger partial charge in [0.15, 0.2) is 0 Å². The summed E-state index contributed by atoms with van der Waals surface area (Å²) in [5, 5.41) is 6.14. The molecule has 2 aromatic rings. The van der Waals surface area contributed by atoms with Crippen molar-refractivity contribution in [3.8, 4) is 0 Å². The van der Waals surface area contributed by atoms with Crippen LogP contribution in [0.4, 0.5) is 15.8 Å². The van der Waals surface area contributed by atoms with Gasteiger partial charge in [-0.25, -0.2) is 4.39 Å². The summed E-state index contributed by atoms with van der Waals surface area (Å²) in [7, 11) is 0. The Labute approximate surface area is 170 Å². The molecule has 2 N–H and O–H groups in total. The van der Waals surface area contributed by atoms with E-state index in [0.717, 1.165) is 42.9 Å². The van der Waals surface area contributed by atoms with Gasteiger partial charge in [-0.15, -0.1) is 0 Å². The van der Waals surface area contributed by atoms with Crippen LogP contribution in [0.5, 0.6) is 0 Å². The summed E-state index contributed by atoms with van der Waals surface area (Å²) in [6, 6.07) is 10.6. The SMILES string of the molecule is CC(=O)N1CCC(c2cccc(NC(=O)C3Cc4c(F)ccc(C)c4N3)c2)CC1. The maximum atomic E-state index is 14.1. The van der Waals surface area contributed by atoms with Gasteiger partial charge >= 0.3 is 0 Å². The predicted octanol–water partition coefficient (Wildman–Crippen LogP) is 3.84. The normalized spacial score (nSPS) is 18.9. The van der Waals surface area contributed by atoms with Gasteiger partial charge in [0.05, 0.1) is 0 Å². The Kier molecular flexibility index (Phi) is 5.26. The lowest BCUT2D eigenvalue weighted by Crippen LogP contribution is -2.36. The fourth-order valence-corrected chi connectivity index (χ4v) is 4.36. The highest BCUT2D eigenvalue weighted by atomic mass is 19.1. The molecule has 4 rings (SSSR count). The molecule has 6 heteroatoms. The quantitative estimate of drug-likeness (QED) is 0.830. The van der Waals surface area contributed by atoms with Crippen LogP contribution in [0.3, 0.4) is 0 Å². The average molecular weight is 395 g/mol. The third-order valence-electron chi connectivity index (χ3n) is 6.07. The van der Waals surface area contributed by atoms with E-state index in [1.165, 1.54) is 11.6 Å². The Balaban J connectivity index is 1.41. The zero-order valence-corrected chi connectivity index (χ0v) is 16.8. The van der Waals surface area contributed by atoms with Gasteiger partial charge in [0.2, 0.25) is 11.8 Å². The van der Waals surface area contributed by atoms with Crippen molar-refractivity contribution in [2.75, 3.05) is 23.7 Å². The van der Waals surface area contributed by atoms with Crippen molar-refractivity contribution in [3.05, 3.63) is 58.9 Å². The number of anilines is 2. The molecule has 2 aromatic carbocycles. The van der Waals surface area contributed by atoms with E-state index in [0.29, 0.717) is 17.9 Å². The highest BCUT2D eigenvalue weighted by Crippen LogP contribution is 2.33. The first kappa shape index (κ1) is 19.4. The lowest BCUT2D eigenvalue weighted by molar-refractivity contribution is -0.129. The Morgan fingerprint density at radius 1 is 1.17 bits per heavy atom. The monoisotopic (exact) mass is 395 g/mol. The van der Waals surface area contributed by atoms with Crippen molar-refractivity contribution in [3.63, 3.8) is 0 Å². The Bertz CT molecular complexity index is 920. The lowest BCUT2D eigenvalue weighted by Gasteiger charge is -2.31. The second-order valence-electron chi connectivity index (χ2n) is 8.01. The molecule has 2 aliphatic rings. The molecule has 1 unspecified atom stereocenters.